The second kappa shape index (κ2) is 52.4. The number of halogens is 20. The van der Waals surface area contributed by atoms with Gasteiger partial charge in [0.25, 0.3) is 11.8 Å². The number of anilines is 5. The average Bonchev–Trinajstić information content (AvgIpc) is 0.804. The first-order valence-electron chi connectivity index (χ1n) is 36.8. The number of esters is 3. The predicted octanol–water partition coefficient (Wildman–Crippen LogP) is 18.7. The molecule has 0 bridgehead atoms. The normalized spacial score (nSPS) is 10.5. The molecule has 0 heterocycles. The Morgan fingerprint density at radius 3 is 0.818 bits per heavy atom. The van der Waals surface area contributed by atoms with Gasteiger partial charge in [0, 0.05) is 46.3 Å². The number of hydrogen-bond donors (Lipinski definition) is 8. The van der Waals surface area contributed by atoms with Crippen molar-refractivity contribution in [3.8, 4) is 17.2 Å². The first-order chi connectivity index (χ1) is 61.1. The number of carbonyl (C=O) groups is 8. The van der Waals surface area contributed by atoms with Crippen molar-refractivity contribution in [3.63, 3.8) is 0 Å². The molecule has 2 amide bonds. The molecule has 11 rings (SSSR count). The molecule has 0 unspecified atom stereocenters. The van der Waals surface area contributed by atoms with E-state index in [-0.39, 0.29) is 88.2 Å². The number of benzene rings is 11. The zero-order valence-electron chi connectivity index (χ0n) is 68.9. The molecule has 700 valence electrons. The van der Waals surface area contributed by atoms with Gasteiger partial charge in [-0.15, -0.1) is 0 Å². The molecule has 132 heavy (non-hydrogen) atoms. The van der Waals surface area contributed by atoms with E-state index in [2.05, 4.69) is 38.1 Å². The molecule has 11 aromatic rings. The van der Waals surface area contributed by atoms with E-state index in [4.69, 9.17) is 56.2 Å². The molecule has 0 fully saturated rings. The zero-order chi connectivity index (χ0) is 97.2. The van der Waals surface area contributed by atoms with Crippen molar-refractivity contribution in [1.29, 1.82) is 0 Å². The van der Waals surface area contributed by atoms with E-state index in [0.29, 0.717) is 48.0 Å². The van der Waals surface area contributed by atoms with Gasteiger partial charge in [-0.3, -0.25) is 9.59 Å². The molecule has 0 aliphatic heterocycles. The van der Waals surface area contributed by atoms with E-state index in [1.54, 1.807) is 68.4 Å². The first-order valence-corrected chi connectivity index (χ1v) is 38.0. The quantitative estimate of drug-likeness (QED) is 0.00780. The molecule has 0 radical (unpaired) electrons. The van der Waals surface area contributed by atoms with E-state index in [0.717, 1.165) is 83.7 Å². The van der Waals surface area contributed by atoms with Crippen LogP contribution in [0.2, 0.25) is 0 Å². The maximum absolute atomic E-state index is 14.4. The fraction of sp³-hybridized carbons (Fsp3) is 0.159. The van der Waals surface area contributed by atoms with Gasteiger partial charge in [-0.05, 0) is 160 Å². The van der Waals surface area contributed by atoms with Crippen LogP contribution in [0.1, 0.15) is 145 Å². The SMILES string of the molecule is BrCc1ccccc1.CCOC(=O)c1c(F)cc(N)cc1F.CCOc1ccc(C(=O)Nc2cc(F)c(C(=O)O)c(F)c2)cc1C(F)(F)F.CCOc1ccc(C(=O)Nc2cc(F)c(C(=O)OCc3ccccc3)c(F)c2)cc1C(F)(F)F.CCOc1ccc(C(=O)O)cc1C(F)(F)F.Nc1cc(F)c(C(=O)O)c(F)c1.Nc1cc(F)c(C(=O)OCc2ccccc2)c(F)c1.[HH].[Li+].[OH-]. The Kier molecular flexibility index (Phi) is 44.4. The summed E-state index contributed by atoms with van der Waals surface area (Å²) in [6.45, 7) is 5.92. The zero-order valence-corrected chi connectivity index (χ0v) is 70.5. The Morgan fingerprint density at radius 1 is 0.333 bits per heavy atom. The van der Waals surface area contributed by atoms with Crippen LogP contribution in [0.3, 0.4) is 0 Å². The molecule has 0 aromatic heterocycles. The maximum atomic E-state index is 14.4. The van der Waals surface area contributed by atoms with Gasteiger partial charge in [0.15, 0.2) is 0 Å². The van der Waals surface area contributed by atoms with Crippen molar-refractivity contribution >= 4 is 92.0 Å². The number of nitrogen functional groups attached to an aromatic ring is 3. The van der Waals surface area contributed by atoms with E-state index < -0.39 is 208 Å². The second-order valence-electron chi connectivity index (χ2n) is 25.4. The maximum Gasteiger partial charge on any atom is 1.00 e. The number of ether oxygens (including phenoxy) is 6. The Hall–Kier alpha value is -14.3. The minimum atomic E-state index is -4.79. The van der Waals surface area contributed by atoms with Gasteiger partial charge in [0.05, 0.1) is 48.7 Å². The predicted molar refractivity (Wildman–Crippen MR) is 440 cm³/mol. The molecule has 0 saturated heterocycles. The van der Waals surface area contributed by atoms with E-state index in [1.165, 1.54) is 19.4 Å². The van der Waals surface area contributed by atoms with Crippen LogP contribution in [0.4, 0.5) is 112 Å². The van der Waals surface area contributed by atoms with E-state index in [1.807, 2.05) is 29.6 Å². The van der Waals surface area contributed by atoms with Gasteiger partial charge in [-0.1, -0.05) is 107 Å². The molecule has 0 spiro atoms. The van der Waals surface area contributed by atoms with Crippen LogP contribution in [0, 0.1) is 58.2 Å². The molecule has 12 N–H and O–H groups in total. The fourth-order valence-electron chi connectivity index (χ4n) is 10.3. The minimum absolute atomic E-state index is 0. The summed E-state index contributed by atoms with van der Waals surface area (Å²) < 4.78 is 280. The summed E-state index contributed by atoms with van der Waals surface area (Å²) in [4.78, 5) is 90.8. The van der Waals surface area contributed by atoms with Crippen molar-refractivity contribution in [1.82, 2.24) is 0 Å². The smallest absolute Gasteiger partial charge is 0.870 e. The average molecular weight is 1940 g/mol. The Balaban J connectivity index is 0.000000545. The molecule has 0 saturated carbocycles. The molecule has 0 atom stereocenters. The first kappa shape index (κ1) is 112. The third-order valence-electron chi connectivity index (χ3n) is 16.1. The van der Waals surface area contributed by atoms with Crippen LogP contribution < -0.4 is 60.9 Å². The summed E-state index contributed by atoms with van der Waals surface area (Å²) >= 11 is 3.36. The number of alkyl halides is 10. The summed E-state index contributed by atoms with van der Waals surface area (Å²) in [7, 11) is 0. The molecule has 23 nitrogen and oxygen atoms in total. The van der Waals surface area contributed by atoms with Crippen molar-refractivity contribution in [2.75, 3.05) is 54.3 Å². The number of aromatic carboxylic acids is 3. The number of nitrogens with two attached hydrogens (primary N) is 3. The van der Waals surface area contributed by atoms with Gasteiger partial charge in [0.2, 0.25) is 0 Å². The Labute approximate surface area is 758 Å². The van der Waals surface area contributed by atoms with Crippen LogP contribution in [0.25, 0.3) is 0 Å². The summed E-state index contributed by atoms with van der Waals surface area (Å²) in [5.41, 5.74) is 7.68. The molecule has 0 aliphatic rings. The number of carboxylic acids is 3. The van der Waals surface area contributed by atoms with Crippen molar-refractivity contribution < 1.29 is 191 Å². The monoisotopic (exact) mass is 1940 g/mol. The van der Waals surface area contributed by atoms with Gasteiger partial charge < -0.3 is 77.1 Å². The summed E-state index contributed by atoms with van der Waals surface area (Å²) in [6, 6.07) is 42.8. The Bertz CT molecular complexity index is 5710. The minimum Gasteiger partial charge on any atom is -0.870 e. The number of amides is 2. The van der Waals surface area contributed by atoms with Gasteiger partial charge >= 0.3 is 73.2 Å². The van der Waals surface area contributed by atoms with Crippen LogP contribution in [0.15, 0.2) is 206 Å². The summed E-state index contributed by atoms with van der Waals surface area (Å²) in [5.74, 6) is -23.6. The number of nitrogens with one attached hydrogen (secondary N) is 2. The van der Waals surface area contributed by atoms with Gasteiger partial charge in [0.1, 0.15) is 116 Å². The van der Waals surface area contributed by atoms with E-state index >= 15 is 0 Å². The van der Waals surface area contributed by atoms with Crippen molar-refractivity contribution in [3.05, 3.63) is 342 Å². The summed E-state index contributed by atoms with van der Waals surface area (Å²) in [5, 5.41) is 30.7. The van der Waals surface area contributed by atoms with Crippen LogP contribution in [-0.2, 0) is 51.3 Å². The van der Waals surface area contributed by atoms with Crippen LogP contribution in [-0.4, -0.2) is 94.9 Å². The molecular weight excluding hydrogens is 1860 g/mol. The van der Waals surface area contributed by atoms with Crippen LogP contribution >= 0.6 is 15.9 Å². The topological polar surface area (TPSA) is 385 Å². The fourth-order valence-corrected chi connectivity index (χ4v) is 10.7. The Morgan fingerprint density at radius 2 is 0.576 bits per heavy atom. The molecular formula is C88H74BrF19LiN5O18. The van der Waals surface area contributed by atoms with Gasteiger partial charge in [-0.2, -0.15) is 39.5 Å². The number of rotatable bonds is 22. The summed E-state index contributed by atoms with van der Waals surface area (Å²) in [6.07, 6.45) is -14.2. The van der Waals surface area contributed by atoms with Crippen LogP contribution in [0.5, 0.6) is 17.2 Å². The van der Waals surface area contributed by atoms with Crippen molar-refractivity contribution in [2.24, 2.45) is 0 Å². The molecule has 11 aromatic carbocycles. The van der Waals surface area contributed by atoms with E-state index in [9.17, 15) is 122 Å². The molecule has 44 heteroatoms. The number of carboxylic acid groups (broad SMARTS) is 3. The van der Waals surface area contributed by atoms with Crippen molar-refractivity contribution in [2.45, 2.75) is 64.8 Å². The number of hydrogen-bond acceptors (Lipinski definition) is 18. The number of carbonyl (C=O) groups excluding carboxylic acids is 5. The molecule has 0 aliphatic carbocycles. The third-order valence-corrected chi connectivity index (χ3v) is 16.7. The largest absolute Gasteiger partial charge is 1.00 e. The standard InChI is InChI=1S/C24H18F5NO4.C17H12F5NO4.C14H11F2NO2.C10H9F3O3.C9H9F2NO2.C7H7Br.C7H5F2NO2.Li.H2O.H2/c1-2-33-20-9-8-15(10-17(20)24(27,28)29)22(31)30-16-11-18(25)21(19(26)12-16)23(32)34-13-14-6-4-3-5-7-14;1-2-27-13-4-3-8(5-10(13)17(20,21)22)15(24)23-9-6-11(18)14(16(25)26)12(19)7-9;15-11-6-10(17)7-12(16)13(11)14(18)19-8-9-4-2-1-3-5-9;1-2-16-8-4-3-6(9(14)15)5-7(8)10(11,12)13;1-2-14-9(13)8-6(10)3-5(12)4-7(8)11;8-6-7-4-2-1-3-5-7;8-4-1-3(10)2-5(9)6(4)7(11)12;;;/h3-12H,2,13H2,1H3,(H,30,31);3-7H,2H2,1H3,(H,23,24)(H,25,26);1-7H,8,17H2;3-5H,2H2,1H3,(H,14,15);3-4H,2,12H2,1H3;1-5H,6H2;1-2H,10H2,(H,11,12);;1H2;1H/q;;;;;;;+1;;/p-1. The van der Waals surface area contributed by atoms with Gasteiger partial charge in [-0.25, -0.2) is 72.7 Å². The third kappa shape index (κ3) is 34.3. The second-order valence-corrected chi connectivity index (χ2v) is 26.0.